The minimum Gasteiger partial charge on any atom is -0.459 e. The Kier molecular flexibility index (Phi) is 6.53. The number of piperazine rings is 1. The first-order valence-electron chi connectivity index (χ1n) is 11.2. The number of amides is 1. The van der Waals surface area contributed by atoms with Gasteiger partial charge in [-0.3, -0.25) is 4.79 Å². The van der Waals surface area contributed by atoms with Gasteiger partial charge in [-0.1, -0.05) is 32.0 Å². The van der Waals surface area contributed by atoms with Crippen molar-refractivity contribution in [2.75, 3.05) is 31.1 Å². The molecule has 1 saturated heterocycles. The van der Waals surface area contributed by atoms with E-state index in [-0.39, 0.29) is 17.6 Å². The molecule has 0 spiro atoms. The second-order valence-electron chi connectivity index (χ2n) is 8.30. The highest BCUT2D eigenvalue weighted by Crippen LogP contribution is 2.28. The summed E-state index contributed by atoms with van der Waals surface area (Å²) in [6.07, 6.45) is 2.88. The summed E-state index contributed by atoms with van der Waals surface area (Å²) in [6, 6.07) is 10.2. The third-order valence-corrected chi connectivity index (χ3v) is 6.19. The van der Waals surface area contributed by atoms with Crippen molar-refractivity contribution in [3.05, 3.63) is 76.9 Å². The molecule has 0 unspecified atom stereocenters. The van der Waals surface area contributed by atoms with Crippen LogP contribution >= 0.6 is 0 Å². The molecule has 32 heavy (non-hydrogen) atoms. The highest BCUT2D eigenvalue weighted by molar-refractivity contribution is 5.91. The zero-order valence-electron chi connectivity index (χ0n) is 18.8. The van der Waals surface area contributed by atoms with Crippen molar-refractivity contribution in [2.24, 2.45) is 0 Å². The molecule has 1 aliphatic rings. The lowest BCUT2D eigenvalue weighted by molar-refractivity contribution is 0.0714. The van der Waals surface area contributed by atoms with Gasteiger partial charge < -0.3 is 14.2 Å². The average Bonchev–Trinajstić information content (AvgIpc) is 3.35. The van der Waals surface area contributed by atoms with E-state index in [0.717, 1.165) is 29.3 Å². The number of carbonyl (C=O) groups is 1. The minimum absolute atomic E-state index is 0.0969. The fraction of sp³-hybridized carbons (Fsp3) is 0.400. The first-order chi connectivity index (χ1) is 15.5. The zero-order valence-corrected chi connectivity index (χ0v) is 18.8. The minimum atomic E-state index is -0.224. The molecule has 168 valence electrons. The lowest BCUT2D eigenvalue weighted by Crippen LogP contribution is -2.49. The van der Waals surface area contributed by atoms with Gasteiger partial charge in [0.05, 0.1) is 6.26 Å². The van der Waals surface area contributed by atoms with Crippen LogP contribution in [0, 0.1) is 12.7 Å². The lowest BCUT2D eigenvalue weighted by atomic mass is 10.0. The maximum absolute atomic E-state index is 14.4. The van der Waals surface area contributed by atoms with Crippen LogP contribution in [0.1, 0.15) is 59.4 Å². The second-order valence-corrected chi connectivity index (χ2v) is 8.30. The van der Waals surface area contributed by atoms with Gasteiger partial charge in [0.2, 0.25) is 0 Å². The molecule has 7 heteroatoms. The van der Waals surface area contributed by atoms with Gasteiger partial charge in [-0.05, 0) is 37.1 Å². The number of carbonyl (C=O) groups excluding carboxylic acids is 1. The molecule has 0 N–H and O–H groups in total. The first-order valence-corrected chi connectivity index (χ1v) is 11.2. The average molecular weight is 437 g/mol. The van der Waals surface area contributed by atoms with Gasteiger partial charge in [0, 0.05) is 49.8 Å². The summed E-state index contributed by atoms with van der Waals surface area (Å²) in [5.74, 6) is 1.93. The molecule has 0 bridgehead atoms. The van der Waals surface area contributed by atoms with Gasteiger partial charge in [-0.15, -0.1) is 0 Å². The third-order valence-electron chi connectivity index (χ3n) is 6.19. The molecule has 4 rings (SSSR count). The molecule has 1 aromatic carbocycles. The molecule has 0 aliphatic carbocycles. The topological polar surface area (TPSA) is 62.5 Å². The largest absolute Gasteiger partial charge is 0.459 e. The van der Waals surface area contributed by atoms with Gasteiger partial charge in [0.15, 0.2) is 5.76 Å². The van der Waals surface area contributed by atoms with E-state index in [4.69, 9.17) is 14.4 Å². The number of anilines is 1. The third kappa shape index (κ3) is 4.52. The summed E-state index contributed by atoms with van der Waals surface area (Å²) in [5.41, 5.74) is 2.44. The summed E-state index contributed by atoms with van der Waals surface area (Å²) < 4.78 is 19.7. The van der Waals surface area contributed by atoms with Gasteiger partial charge >= 0.3 is 0 Å². The number of rotatable bonds is 6. The summed E-state index contributed by atoms with van der Waals surface area (Å²) in [7, 11) is 0. The summed E-state index contributed by atoms with van der Waals surface area (Å²) in [6.45, 7) is 8.65. The lowest BCUT2D eigenvalue weighted by Gasteiger charge is -2.36. The Labute approximate surface area is 188 Å². The van der Waals surface area contributed by atoms with E-state index in [2.05, 4.69) is 18.7 Å². The quantitative estimate of drug-likeness (QED) is 0.566. The number of aromatic nitrogens is 2. The van der Waals surface area contributed by atoms with Crippen LogP contribution in [-0.2, 0) is 6.42 Å². The number of hydrogen-bond acceptors (Lipinski definition) is 5. The van der Waals surface area contributed by atoms with E-state index in [1.165, 1.54) is 12.3 Å². The van der Waals surface area contributed by atoms with Crippen molar-refractivity contribution in [1.82, 2.24) is 14.9 Å². The Morgan fingerprint density at radius 1 is 1.12 bits per heavy atom. The smallest absolute Gasteiger partial charge is 0.289 e. The summed E-state index contributed by atoms with van der Waals surface area (Å²) in [5, 5.41) is 0. The molecule has 1 aliphatic heterocycles. The fourth-order valence-corrected chi connectivity index (χ4v) is 3.98. The normalized spacial score (nSPS) is 15.1. The molecule has 1 fully saturated rings. The van der Waals surface area contributed by atoms with Crippen LogP contribution in [0.4, 0.5) is 10.2 Å². The molecule has 1 amide bonds. The van der Waals surface area contributed by atoms with E-state index in [1.54, 1.807) is 29.2 Å². The van der Waals surface area contributed by atoms with Crippen molar-refractivity contribution in [1.29, 1.82) is 0 Å². The van der Waals surface area contributed by atoms with Crippen LogP contribution in [0.5, 0.6) is 0 Å². The number of aryl methyl sites for hydroxylation is 1. The number of nitrogens with zero attached hydrogens (tertiary/aromatic N) is 4. The van der Waals surface area contributed by atoms with Crippen molar-refractivity contribution in [3.8, 4) is 0 Å². The standard InChI is InChI=1S/C25H29FN4O2/c1-4-17(2)23-27-18(3)20(16-19-8-5-6-9-21(19)26)24(28-23)29-11-13-30(14-12-29)25(31)22-10-7-15-32-22/h5-10,15,17H,4,11-14,16H2,1-3H3/t17-/m1/s1. The van der Waals surface area contributed by atoms with Crippen LogP contribution in [0.3, 0.4) is 0 Å². The number of hydrogen-bond donors (Lipinski definition) is 0. The number of benzene rings is 1. The van der Waals surface area contributed by atoms with Gasteiger partial charge in [-0.25, -0.2) is 14.4 Å². The Hall–Kier alpha value is -3.22. The molecule has 3 heterocycles. The number of furan rings is 1. The van der Waals surface area contributed by atoms with Gasteiger partial charge in [0.1, 0.15) is 17.5 Å². The predicted octanol–water partition coefficient (Wildman–Crippen LogP) is 4.58. The zero-order chi connectivity index (χ0) is 22.7. The monoisotopic (exact) mass is 436 g/mol. The van der Waals surface area contributed by atoms with E-state index >= 15 is 0 Å². The van der Waals surface area contributed by atoms with Crippen LogP contribution < -0.4 is 4.90 Å². The van der Waals surface area contributed by atoms with Crippen molar-refractivity contribution in [2.45, 2.75) is 39.5 Å². The molecular weight excluding hydrogens is 407 g/mol. The molecular formula is C25H29FN4O2. The van der Waals surface area contributed by atoms with Crippen molar-refractivity contribution >= 4 is 11.7 Å². The first kappa shape index (κ1) is 22.0. The Balaban J connectivity index is 1.62. The van der Waals surface area contributed by atoms with E-state index in [0.29, 0.717) is 43.9 Å². The molecule has 1 atom stereocenters. The van der Waals surface area contributed by atoms with Crippen LogP contribution in [0.2, 0.25) is 0 Å². The van der Waals surface area contributed by atoms with Gasteiger partial charge in [0.25, 0.3) is 5.91 Å². The van der Waals surface area contributed by atoms with Crippen LogP contribution in [-0.4, -0.2) is 47.0 Å². The van der Waals surface area contributed by atoms with Crippen molar-refractivity contribution in [3.63, 3.8) is 0 Å². The Morgan fingerprint density at radius 3 is 2.53 bits per heavy atom. The van der Waals surface area contributed by atoms with E-state index in [9.17, 15) is 9.18 Å². The SMILES string of the molecule is CC[C@@H](C)c1nc(C)c(Cc2ccccc2F)c(N2CCN(C(=O)c3ccco3)CC2)n1. The van der Waals surface area contributed by atoms with Crippen LogP contribution in [0.25, 0.3) is 0 Å². The predicted molar refractivity (Wildman–Crippen MR) is 122 cm³/mol. The maximum atomic E-state index is 14.4. The van der Waals surface area contributed by atoms with Crippen molar-refractivity contribution < 1.29 is 13.6 Å². The summed E-state index contributed by atoms with van der Waals surface area (Å²) in [4.78, 5) is 26.3. The van der Waals surface area contributed by atoms with E-state index in [1.807, 2.05) is 13.0 Å². The maximum Gasteiger partial charge on any atom is 0.289 e. The molecule has 6 nitrogen and oxygen atoms in total. The fourth-order valence-electron chi connectivity index (χ4n) is 3.98. The summed E-state index contributed by atoms with van der Waals surface area (Å²) >= 11 is 0. The molecule has 0 radical (unpaired) electrons. The molecule has 0 saturated carbocycles. The van der Waals surface area contributed by atoms with Gasteiger partial charge in [-0.2, -0.15) is 0 Å². The molecule has 2 aromatic heterocycles. The van der Waals surface area contributed by atoms with Crippen LogP contribution in [0.15, 0.2) is 47.1 Å². The Bertz CT molecular complexity index is 1080. The second kappa shape index (κ2) is 9.51. The van der Waals surface area contributed by atoms with E-state index < -0.39 is 0 Å². The highest BCUT2D eigenvalue weighted by atomic mass is 19.1. The molecule has 3 aromatic rings. The highest BCUT2D eigenvalue weighted by Gasteiger charge is 2.27. The Morgan fingerprint density at radius 2 is 1.88 bits per heavy atom. The number of halogens is 1.